The zero-order valence-corrected chi connectivity index (χ0v) is 12.6. The predicted molar refractivity (Wildman–Crippen MR) is 76.2 cm³/mol. The molecule has 0 saturated carbocycles. The number of halogens is 2. The highest BCUT2D eigenvalue weighted by atomic mass is 32.2. The minimum absolute atomic E-state index is 0.0553. The Kier molecular flexibility index (Phi) is 5.64. The van der Waals surface area contributed by atoms with Crippen LogP contribution in [0, 0.1) is 5.92 Å². The molecule has 21 heavy (non-hydrogen) atoms. The largest absolute Gasteiger partial charge is 0.481 e. The molecule has 0 aromatic carbocycles. The number of nitrogens with zero attached hydrogens (tertiary/aromatic N) is 1. The molecule has 0 aliphatic carbocycles. The van der Waals surface area contributed by atoms with Gasteiger partial charge in [0.1, 0.15) is 11.5 Å². The van der Waals surface area contributed by atoms with Gasteiger partial charge >= 0.3 is 5.97 Å². The minimum Gasteiger partial charge on any atom is -0.481 e. The summed E-state index contributed by atoms with van der Waals surface area (Å²) in [5.41, 5.74) is 0. The topological polar surface area (TPSA) is 53.7 Å². The molecule has 1 aliphatic heterocycles. The van der Waals surface area contributed by atoms with E-state index in [4.69, 9.17) is 4.42 Å². The molecule has 2 rings (SSSR count). The van der Waals surface area contributed by atoms with E-state index in [1.807, 2.05) is 6.92 Å². The second-order valence-electron chi connectivity index (χ2n) is 5.24. The molecule has 0 amide bonds. The van der Waals surface area contributed by atoms with E-state index in [1.165, 1.54) is 0 Å². The van der Waals surface area contributed by atoms with Gasteiger partial charge in [0.25, 0.3) is 5.76 Å². The van der Waals surface area contributed by atoms with Crippen LogP contribution >= 0.6 is 11.8 Å². The summed E-state index contributed by atoms with van der Waals surface area (Å²) >= 11 is 0.530. The summed E-state index contributed by atoms with van der Waals surface area (Å²) in [6.45, 7) is 3.26. The molecule has 118 valence electrons. The standard InChI is InChI=1S/C14H19F2NO3S/c1-9-12(13(18)19)3-2-6-17(9)7-10-4-5-11(20-10)8-21-14(15)16/h4-5,9,12,14H,2-3,6-8H2,1H3,(H,18,19)/t9-,12-/m1/s1. The predicted octanol–water partition coefficient (Wildman–Crippen LogP) is 3.42. The number of thioether (sulfide) groups is 1. The number of likely N-dealkylation sites (tertiary alicyclic amines) is 1. The van der Waals surface area contributed by atoms with E-state index in [0.717, 1.165) is 13.0 Å². The molecule has 1 N–H and O–H groups in total. The van der Waals surface area contributed by atoms with Crippen molar-refractivity contribution in [2.75, 3.05) is 6.54 Å². The van der Waals surface area contributed by atoms with Crippen molar-refractivity contribution in [3.8, 4) is 0 Å². The number of carboxylic acid groups (broad SMARTS) is 1. The lowest BCUT2D eigenvalue weighted by atomic mass is 9.90. The molecule has 0 radical (unpaired) electrons. The molecule has 0 unspecified atom stereocenters. The number of aliphatic carboxylic acids is 1. The van der Waals surface area contributed by atoms with Gasteiger partial charge in [-0.15, -0.1) is 0 Å². The first-order chi connectivity index (χ1) is 9.97. The number of hydrogen-bond acceptors (Lipinski definition) is 4. The van der Waals surface area contributed by atoms with Crippen LogP contribution in [0.1, 0.15) is 31.3 Å². The summed E-state index contributed by atoms with van der Waals surface area (Å²) in [7, 11) is 0. The number of furan rings is 1. The molecular formula is C14H19F2NO3S. The van der Waals surface area contributed by atoms with Crippen LogP contribution in [-0.4, -0.2) is 34.3 Å². The molecule has 2 atom stereocenters. The first-order valence-electron chi connectivity index (χ1n) is 6.91. The summed E-state index contributed by atoms with van der Waals surface area (Å²) in [6.07, 6.45) is 1.54. The van der Waals surface area contributed by atoms with Crippen LogP contribution in [0.5, 0.6) is 0 Å². The molecule has 4 nitrogen and oxygen atoms in total. The van der Waals surface area contributed by atoms with Crippen molar-refractivity contribution in [1.29, 1.82) is 0 Å². The molecular weight excluding hydrogens is 300 g/mol. The van der Waals surface area contributed by atoms with E-state index in [2.05, 4.69) is 4.90 Å². The van der Waals surface area contributed by atoms with E-state index in [0.29, 0.717) is 36.2 Å². The van der Waals surface area contributed by atoms with Gasteiger partial charge in [-0.3, -0.25) is 9.69 Å². The Bertz CT molecular complexity index is 481. The number of carboxylic acids is 1. The first kappa shape index (κ1) is 16.3. The van der Waals surface area contributed by atoms with Gasteiger partial charge in [0.15, 0.2) is 0 Å². The molecule has 1 saturated heterocycles. The third-order valence-electron chi connectivity index (χ3n) is 3.86. The average Bonchev–Trinajstić information content (AvgIpc) is 2.86. The van der Waals surface area contributed by atoms with E-state index in [-0.39, 0.29) is 17.7 Å². The Labute approximate surface area is 126 Å². The van der Waals surface area contributed by atoms with Gasteiger partial charge in [-0.05, 0) is 38.4 Å². The maximum Gasteiger partial charge on any atom is 0.308 e. The van der Waals surface area contributed by atoms with Crippen LogP contribution in [0.2, 0.25) is 0 Å². The van der Waals surface area contributed by atoms with Crippen LogP contribution in [0.25, 0.3) is 0 Å². The van der Waals surface area contributed by atoms with Gasteiger partial charge in [-0.2, -0.15) is 8.78 Å². The summed E-state index contributed by atoms with van der Waals surface area (Å²) < 4.78 is 29.8. The highest BCUT2D eigenvalue weighted by molar-refractivity contribution is 7.98. The molecule has 0 spiro atoms. The minimum atomic E-state index is -2.41. The van der Waals surface area contributed by atoms with E-state index in [1.54, 1.807) is 12.1 Å². The Morgan fingerprint density at radius 3 is 2.90 bits per heavy atom. The number of carbonyl (C=O) groups is 1. The van der Waals surface area contributed by atoms with Crippen molar-refractivity contribution in [3.05, 3.63) is 23.7 Å². The van der Waals surface area contributed by atoms with Crippen molar-refractivity contribution >= 4 is 17.7 Å². The van der Waals surface area contributed by atoms with E-state index >= 15 is 0 Å². The Hall–Kier alpha value is -1.08. The Morgan fingerprint density at radius 2 is 2.24 bits per heavy atom. The SMILES string of the molecule is C[C@@H]1[C@H](C(=O)O)CCCN1Cc1ccc(CSC(F)F)o1. The first-order valence-corrected chi connectivity index (χ1v) is 7.96. The molecule has 1 aromatic rings. The van der Waals surface area contributed by atoms with Crippen LogP contribution in [-0.2, 0) is 17.1 Å². The summed E-state index contributed by atoms with van der Waals surface area (Å²) in [5, 5.41) is 9.19. The normalized spacial score (nSPS) is 23.6. The summed E-state index contributed by atoms with van der Waals surface area (Å²) in [6, 6.07) is 3.42. The quantitative estimate of drug-likeness (QED) is 0.870. The second kappa shape index (κ2) is 7.26. The molecule has 1 fully saturated rings. The summed E-state index contributed by atoms with van der Waals surface area (Å²) in [5.74, 6) is -2.17. The van der Waals surface area contributed by atoms with Crippen LogP contribution in [0.3, 0.4) is 0 Å². The van der Waals surface area contributed by atoms with Crippen LogP contribution < -0.4 is 0 Å². The van der Waals surface area contributed by atoms with E-state index < -0.39 is 11.7 Å². The zero-order valence-electron chi connectivity index (χ0n) is 11.8. The number of alkyl halides is 2. The smallest absolute Gasteiger partial charge is 0.308 e. The van der Waals surface area contributed by atoms with Gasteiger partial charge in [-0.1, -0.05) is 11.8 Å². The zero-order chi connectivity index (χ0) is 15.4. The van der Waals surface area contributed by atoms with Crippen molar-refractivity contribution in [2.45, 2.75) is 43.9 Å². The maximum absolute atomic E-state index is 12.1. The van der Waals surface area contributed by atoms with Gasteiger partial charge in [-0.25, -0.2) is 0 Å². The van der Waals surface area contributed by atoms with Gasteiger partial charge in [0.2, 0.25) is 0 Å². The van der Waals surface area contributed by atoms with Crippen molar-refractivity contribution in [2.24, 2.45) is 5.92 Å². The van der Waals surface area contributed by atoms with Gasteiger partial charge < -0.3 is 9.52 Å². The third kappa shape index (κ3) is 4.44. The van der Waals surface area contributed by atoms with Crippen LogP contribution in [0.15, 0.2) is 16.5 Å². The van der Waals surface area contributed by atoms with Crippen molar-refractivity contribution in [1.82, 2.24) is 4.90 Å². The highest BCUT2D eigenvalue weighted by Gasteiger charge is 2.33. The number of rotatable bonds is 6. The lowest BCUT2D eigenvalue weighted by Gasteiger charge is -2.36. The Morgan fingerprint density at radius 1 is 1.52 bits per heavy atom. The number of piperidine rings is 1. The lowest BCUT2D eigenvalue weighted by molar-refractivity contribution is -0.145. The molecule has 1 aromatic heterocycles. The monoisotopic (exact) mass is 319 g/mol. The fourth-order valence-corrected chi connectivity index (χ4v) is 3.14. The van der Waals surface area contributed by atoms with Crippen molar-refractivity contribution < 1.29 is 23.1 Å². The molecule has 0 bridgehead atoms. The molecule has 1 aliphatic rings. The Balaban J connectivity index is 1.93. The van der Waals surface area contributed by atoms with Crippen LogP contribution in [0.4, 0.5) is 8.78 Å². The summed E-state index contributed by atoms with van der Waals surface area (Å²) in [4.78, 5) is 13.3. The fourth-order valence-electron chi connectivity index (χ4n) is 2.70. The van der Waals surface area contributed by atoms with E-state index in [9.17, 15) is 18.7 Å². The third-order valence-corrected chi connectivity index (χ3v) is 4.57. The fraction of sp³-hybridized carbons (Fsp3) is 0.643. The second-order valence-corrected chi connectivity index (χ2v) is 6.22. The molecule has 2 heterocycles. The molecule has 7 heteroatoms. The highest BCUT2D eigenvalue weighted by Crippen LogP contribution is 2.27. The lowest BCUT2D eigenvalue weighted by Crippen LogP contribution is -2.45. The van der Waals surface area contributed by atoms with Crippen molar-refractivity contribution in [3.63, 3.8) is 0 Å². The van der Waals surface area contributed by atoms with Gasteiger partial charge in [0.05, 0.1) is 18.2 Å². The average molecular weight is 319 g/mol. The number of hydrogen-bond donors (Lipinski definition) is 1. The maximum atomic E-state index is 12.1. The van der Waals surface area contributed by atoms with Gasteiger partial charge in [0, 0.05) is 6.04 Å².